The van der Waals surface area contributed by atoms with E-state index in [9.17, 15) is 14.0 Å². The summed E-state index contributed by atoms with van der Waals surface area (Å²) in [5, 5.41) is 0.261. The predicted molar refractivity (Wildman–Crippen MR) is 92.8 cm³/mol. The Morgan fingerprint density at radius 2 is 1.96 bits per heavy atom. The van der Waals surface area contributed by atoms with E-state index in [2.05, 4.69) is 15.9 Å². The minimum absolute atomic E-state index is 0.0959. The Morgan fingerprint density at radius 3 is 2.50 bits per heavy atom. The number of rotatable bonds is 2. The van der Waals surface area contributed by atoms with E-state index in [1.807, 2.05) is 0 Å². The van der Waals surface area contributed by atoms with Gasteiger partial charge in [-0.25, -0.2) is 9.18 Å². The van der Waals surface area contributed by atoms with Gasteiger partial charge in [0.05, 0.1) is 16.6 Å². The van der Waals surface area contributed by atoms with Crippen LogP contribution in [0, 0.1) is 5.82 Å². The first-order valence-electron chi connectivity index (χ1n) is 7.39. The van der Waals surface area contributed by atoms with Crippen molar-refractivity contribution in [3.8, 4) is 0 Å². The zero-order valence-electron chi connectivity index (χ0n) is 13.9. The maximum Gasteiger partial charge on any atom is 0.410 e. The zero-order chi connectivity index (χ0) is 18.2. The van der Waals surface area contributed by atoms with Crippen molar-refractivity contribution in [2.24, 2.45) is 0 Å². The fourth-order valence-electron chi connectivity index (χ4n) is 2.22. The summed E-state index contributed by atoms with van der Waals surface area (Å²) in [6, 6.07) is 2.27. The summed E-state index contributed by atoms with van der Waals surface area (Å²) in [7, 11) is 1.58. The molecule has 24 heavy (non-hydrogen) atoms. The Kier molecular flexibility index (Phi) is 5.44. The standard InChI is InChI=1S/C16H19BrClFN2O3/c1-16(2,3)24-15(23)21-7-9(8-21)20(4)14(22)10-5-12(18)11(17)6-13(10)19/h5-6,9H,7-8H2,1-4H3. The molecule has 1 heterocycles. The number of halogens is 3. The van der Waals surface area contributed by atoms with E-state index in [-0.39, 0.29) is 16.6 Å². The minimum atomic E-state index is -0.647. The molecule has 1 saturated heterocycles. The molecule has 2 rings (SSSR count). The van der Waals surface area contributed by atoms with Crippen molar-refractivity contribution in [3.63, 3.8) is 0 Å². The monoisotopic (exact) mass is 420 g/mol. The molecule has 1 aliphatic heterocycles. The molecule has 1 aromatic carbocycles. The van der Waals surface area contributed by atoms with Crippen molar-refractivity contribution < 1.29 is 18.7 Å². The lowest BCUT2D eigenvalue weighted by Crippen LogP contribution is -2.61. The molecule has 0 aliphatic carbocycles. The fourth-order valence-corrected chi connectivity index (χ4v) is 2.70. The first kappa shape index (κ1) is 19.0. The molecule has 0 saturated carbocycles. The van der Waals surface area contributed by atoms with Crippen molar-refractivity contribution in [1.29, 1.82) is 0 Å². The third-order valence-electron chi connectivity index (χ3n) is 3.62. The van der Waals surface area contributed by atoms with Gasteiger partial charge in [0.15, 0.2) is 0 Å². The number of amides is 2. The van der Waals surface area contributed by atoms with Crippen LogP contribution in [0.5, 0.6) is 0 Å². The maximum atomic E-state index is 14.0. The quantitative estimate of drug-likeness (QED) is 0.680. The highest BCUT2D eigenvalue weighted by molar-refractivity contribution is 9.10. The van der Waals surface area contributed by atoms with Crippen LogP contribution in [0.2, 0.25) is 5.02 Å². The summed E-state index contributed by atoms with van der Waals surface area (Å²) in [6.07, 6.45) is -0.419. The molecule has 8 heteroatoms. The normalized spacial score (nSPS) is 15.0. The van der Waals surface area contributed by atoms with Gasteiger partial charge in [-0.15, -0.1) is 0 Å². The summed E-state index contributed by atoms with van der Waals surface area (Å²) >= 11 is 9.05. The Morgan fingerprint density at radius 1 is 1.38 bits per heavy atom. The third-order valence-corrected chi connectivity index (χ3v) is 4.82. The van der Waals surface area contributed by atoms with Crippen molar-refractivity contribution in [3.05, 3.63) is 33.0 Å². The van der Waals surface area contributed by atoms with Crippen LogP contribution in [0.15, 0.2) is 16.6 Å². The number of ether oxygens (including phenoxy) is 1. The SMILES string of the molecule is CN(C(=O)c1cc(Cl)c(Br)cc1F)C1CN(C(=O)OC(C)(C)C)C1. The fraction of sp³-hybridized carbons (Fsp3) is 0.500. The number of carbonyl (C=O) groups is 2. The van der Waals surface area contributed by atoms with E-state index in [1.165, 1.54) is 15.9 Å². The Balaban J connectivity index is 1.99. The third kappa shape index (κ3) is 4.19. The number of benzene rings is 1. The highest BCUT2D eigenvalue weighted by Crippen LogP contribution is 2.27. The van der Waals surface area contributed by atoms with Crippen LogP contribution < -0.4 is 0 Å². The van der Waals surface area contributed by atoms with E-state index in [0.717, 1.165) is 6.07 Å². The summed E-state index contributed by atoms with van der Waals surface area (Å²) < 4.78 is 19.6. The molecule has 0 unspecified atom stereocenters. The second-order valence-corrected chi connectivity index (χ2v) is 7.96. The average molecular weight is 422 g/mol. The van der Waals surface area contributed by atoms with Crippen LogP contribution in [-0.4, -0.2) is 53.6 Å². The van der Waals surface area contributed by atoms with Gasteiger partial charge >= 0.3 is 6.09 Å². The summed E-state index contributed by atoms with van der Waals surface area (Å²) in [5.74, 6) is -1.12. The van der Waals surface area contributed by atoms with Crippen LogP contribution in [0.25, 0.3) is 0 Å². The van der Waals surface area contributed by atoms with Gasteiger partial charge in [-0.05, 0) is 48.8 Å². The summed E-state index contributed by atoms with van der Waals surface area (Å²) in [4.78, 5) is 27.3. The molecule has 0 aromatic heterocycles. The number of nitrogens with zero attached hydrogens (tertiary/aromatic N) is 2. The van der Waals surface area contributed by atoms with Gasteiger partial charge in [-0.2, -0.15) is 0 Å². The van der Waals surface area contributed by atoms with Crippen molar-refractivity contribution >= 4 is 39.5 Å². The lowest BCUT2D eigenvalue weighted by Gasteiger charge is -2.43. The highest BCUT2D eigenvalue weighted by atomic mass is 79.9. The van der Waals surface area contributed by atoms with Crippen LogP contribution in [0.3, 0.4) is 0 Å². The molecule has 0 N–H and O–H groups in total. The first-order chi connectivity index (χ1) is 11.0. The first-order valence-corrected chi connectivity index (χ1v) is 8.56. The number of hydrogen-bond acceptors (Lipinski definition) is 3. The van der Waals surface area contributed by atoms with Crippen molar-refractivity contribution in [2.45, 2.75) is 32.4 Å². The molecule has 132 valence electrons. The molecule has 1 fully saturated rings. The topological polar surface area (TPSA) is 49.9 Å². The van der Waals surface area contributed by atoms with Crippen molar-refractivity contribution in [1.82, 2.24) is 9.80 Å². The van der Waals surface area contributed by atoms with Gasteiger partial charge in [0.25, 0.3) is 5.91 Å². The lowest BCUT2D eigenvalue weighted by atomic mass is 10.1. The number of likely N-dealkylation sites (N-methyl/N-ethyl adjacent to an activating group) is 1. The molecule has 0 radical (unpaired) electrons. The Labute approximate surface area is 153 Å². The minimum Gasteiger partial charge on any atom is -0.444 e. The largest absolute Gasteiger partial charge is 0.444 e. The molecular formula is C16H19BrClFN2O3. The highest BCUT2D eigenvalue weighted by Gasteiger charge is 2.38. The molecule has 1 aromatic rings. The number of likely N-dealkylation sites (tertiary alicyclic amines) is 1. The molecular weight excluding hydrogens is 403 g/mol. The summed E-state index contributed by atoms with van der Waals surface area (Å²) in [6.45, 7) is 6.07. The Hall–Kier alpha value is -1.34. The van der Waals surface area contributed by atoms with E-state index in [1.54, 1.807) is 27.8 Å². The van der Waals surface area contributed by atoms with Gasteiger partial charge in [0.1, 0.15) is 11.4 Å². The second-order valence-electron chi connectivity index (χ2n) is 6.70. The van der Waals surface area contributed by atoms with Crippen LogP contribution in [0.4, 0.5) is 9.18 Å². The Bertz CT molecular complexity index is 672. The predicted octanol–water partition coefficient (Wildman–Crippen LogP) is 3.93. The molecule has 1 aliphatic rings. The molecule has 0 atom stereocenters. The average Bonchev–Trinajstić information content (AvgIpc) is 2.38. The van der Waals surface area contributed by atoms with E-state index in [4.69, 9.17) is 16.3 Å². The molecule has 0 spiro atoms. The lowest BCUT2D eigenvalue weighted by molar-refractivity contribution is -0.00915. The van der Waals surface area contributed by atoms with Crippen LogP contribution >= 0.6 is 27.5 Å². The van der Waals surface area contributed by atoms with Gasteiger partial charge in [0.2, 0.25) is 0 Å². The maximum absolute atomic E-state index is 14.0. The van der Waals surface area contributed by atoms with Crippen LogP contribution in [0.1, 0.15) is 31.1 Å². The van der Waals surface area contributed by atoms with Crippen molar-refractivity contribution in [2.75, 3.05) is 20.1 Å². The van der Waals surface area contributed by atoms with E-state index < -0.39 is 23.4 Å². The second kappa shape index (κ2) is 6.88. The van der Waals surface area contributed by atoms with E-state index in [0.29, 0.717) is 17.6 Å². The molecule has 2 amide bonds. The van der Waals surface area contributed by atoms with Crippen LogP contribution in [-0.2, 0) is 4.74 Å². The number of hydrogen-bond donors (Lipinski definition) is 0. The smallest absolute Gasteiger partial charge is 0.410 e. The van der Waals surface area contributed by atoms with Gasteiger partial charge < -0.3 is 14.5 Å². The van der Waals surface area contributed by atoms with Gasteiger partial charge in [-0.1, -0.05) is 11.6 Å². The van der Waals surface area contributed by atoms with E-state index >= 15 is 0 Å². The molecule has 0 bridgehead atoms. The number of carbonyl (C=O) groups excluding carboxylic acids is 2. The van der Waals surface area contributed by atoms with Gasteiger partial charge in [-0.3, -0.25) is 4.79 Å². The molecule has 5 nitrogen and oxygen atoms in total. The van der Waals surface area contributed by atoms with Gasteiger partial charge in [0, 0.05) is 24.6 Å². The summed E-state index contributed by atoms with van der Waals surface area (Å²) in [5.41, 5.74) is -0.664. The zero-order valence-corrected chi connectivity index (χ0v) is 16.2.